The van der Waals surface area contributed by atoms with Crippen LogP contribution in [0.5, 0.6) is 0 Å². The zero-order chi connectivity index (χ0) is 18.8. The summed E-state index contributed by atoms with van der Waals surface area (Å²) in [7, 11) is 0. The number of piperazine rings is 1. The third kappa shape index (κ3) is 4.72. The lowest BCUT2D eigenvalue weighted by molar-refractivity contribution is -0.183. The van der Waals surface area contributed by atoms with Gasteiger partial charge in [0.1, 0.15) is 6.04 Å². The first kappa shape index (κ1) is 19.7. The Hall–Kier alpha value is -1.61. The number of carbonyl (C=O) groups is 1. The Bertz CT molecular complexity index is 600. The molecule has 0 saturated carbocycles. The van der Waals surface area contributed by atoms with Crippen molar-refractivity contribution in [3.05, 3.63) is 17.5 Å². The number of nitrogens with zero attached hydrogens (tertiary/aromatic N) is 3. The number of nitrogens with one attached hydrogen (secondary N) is 2. The summed E-state index contributed by atoms with van der Waals surface area (Å²) in [6.07, 6.45) is -2.99. The molecule has 142 valence electrons. The summed E-state index contributed by atoms with van der Waals surface area (Å²) in [5.41, 5.74) is 0.629. The van der Waals surface area contributed by atoms with Gasteiger partial charge in [-0.2, -0.15) is 18.3 Å². The van der Waals surface area contributed by atoms with Gasteiger partial charge in [-0.3, -0.25) is 14.4 Å². The Morgan fingerprint density at radius 2 is 1.92 bits per heavy atom. The molecule has 1 aromatic rings. The SMILES string of the molecule is Cc1c(C(=O)NCC(N2CCNCC2)C(F)(F)F)cnn1C(C)(C)C. The maximum absolute atomic E-state index is 13.4. The van der Waals surface area contributed by atoms with Crippen LogP contribution in [0, 0.1) is 6.92 Å². The van der Waals surface area contributed by atoms with Crippen LogP contribution in [0.3, 0.4) is 0 Å². The maximum atomic E-state index is 13.4. The number of aromatic nitrogens is 2. The lowest BCUT2D eigenvalue weighted by atomic mass is 10.1. The van der Waals surface area contributed by atoms with Gasteiger partial charge >= 0.3 is 6.18 Å². The van der Waals surface area contributed by atoms with Gasteiger partial charge < -0.3 is 10.6 Å². The number of carbonyl (C=O) groups excluding carboxylic acids is 1. The van der Waals surface area contributed by atoms with Gasteiger partial charge in [0.2, 0.25) is 0 Å². The van der Waals surface area contributed by atoms with Crippen molar-refractivity contribution in [1.29, 1.82) is 0 Å². The Morgan fingerprint density at radius 1 is 1.32 bits per heavy atom. The summed E-state index contributed by atoms with van der Waals surface area (Å²) < 4.78 is 41.8. The molecule has 0 aliphatic carbocycles. The molecule has 2 rings (SSSR count). The zero-order valence-corrected chi connectivity index (χ0v) is 15.1. The monoisotopic (exact) mass is 361 g/mol. The van der Waals surface area contributed by atoms with E-state index in [4.69, 9.17) is 0 Å². The highest BCUT2D eigenvalue weighted by molar-refractivity contribution is 5.95. The molecule has 6 nitrogen and oxygen atoms in total. The second-order valence-electron chi connectivity index (χ2n) is 7.28. The minimum absolute atomic E-state index is 0.302. The normalized spacial score (nSPS) is 18.2. The molecule has 25 heavy (non-hydrogen) atoms. The van der Waals surface area contributed by atoms with Gasteiger partial charge in [0.05, 0.1) is 17.3 Å². The van der Waals surface area contributed by atoms with Crippen molar-refractivity contribution in [2.75, 3.05) is 32.7 Å². The summed E-state index contributed by atoms with van der Waals surface area (Å²) in [6.45, 7) is 8.74. The van der Waals surface area contributed by atoms with E-state index in [1.165, 1.54) is 11.1 Å². The smallest absolute Gasteiger partial charge is 0.350 e. The Morgan fingerprint density at radius 3 is 2.40 bits per heavy atom. The van der Waals surface area contributed by atoms with Crippen LogP contribution in [0.15, 0.2) is 6.20 Å². The fourth-order valence-corrected chi connectivity index (χ4v) is 3.04. The average Bonchev–Trinajstić information content (AvgIpc) is 2.89. The van der Waals surface area contributed by atoms with Crippen LogP contribution in [-0.4, -0.2) is 65.5 Å². The molecule has 2 N–H and O–H groups in total. The Labute approximate surface area is 145 Å². The summed E-state index contributed by atoms with van der Waals surface area (Å²) in [5, 5.41) is 9.65. The van der Waals surface area contributed by atoms with Gasteiger partial charge in [0.25, 0.3) is 5.91 Å². The van der Waals surface area contributed by atoms with E-state index in [1.807, 2.05) is 20.8 Å². The summed E-state index contributed by atoms with van der Waals surface area (Å²) in [5.74, 6) is -0.530. The van der Waals surface area contributed by atoms with E-state index in [1.54, 1.807) is 11.6 Å². The highest BCUT2D eigenvalue weighted by Crippen LogP contribution is 2.25. The first-order valence-corrected chi connectivity index (χ1v) is 8.36. The molecule has 2 heterocycles. The molecule has 1 aliphatic rings. The highest BCUT2D eigenvalue weighted by atomic mass is 19.4. The first-order chi connectivity index (χ1) is 11.5. The minimum atomic E-state index is -4.39. The molecule has 0 spiro atoms. The molecule has 1 aromatic heterocycles. The van der Waals surface area contributed by atoms with Gasteiger partial charge in [0, 0.05) is 38.4 Å². The van der Waals surface area contributed by atoms with Crippen LogP contribution in [0.1, 0.15) is 36.8 Å². The lowest BCUT2D eigenvalue weighted by Crippen LogP contribution is -2.57. The van der Waals surface area contributed by atoms with Crippen LogP contribution in [-0.2, 0) is 5.54 Å². The second-order valence-corrected chi connectivity index (χ2v) is 7.28. The topological polar surface area (TPSA) is 62.2 Å². The van der Waals surface area contributed by atoms with Crippen LogP contribution in [0.25, 0.3) is 0 Å². The van der Waals surface area contributed by atoms with Crippen molar-refractivity contribution in [1.82, 2.24) is 25.3 Å². The number of halogens is 3. The molecule has 1 saturated heterocycles. The largest absolute Gasteiger partial charge is 0.405 e. The van der Waals surface area contributed by atoms with E-state index in [2.05, 4.69) is 15.7 Å². The van der Waals surface area contributed by atoms with Gasteiger partial charge in [-0.25, -0.2) is 0 Å². The maximum Gasteiger partial charge on any atom is 0.405 e. The van der Waals surface area contributed by atoms with Crippen LogP contribution < -0.4 is 10.6 Å². The summed E-state index contributed by atoms with van der Waals surface area (Å²) in [4.78, 5) is 13.7. The molecule has 0 radical (unpaired) electrons. The predicted molar refractivity (Wildman–Crippen MR) is 88.6 cm³/mol. The second kappa shape index (κ2) is 7.33. The fourth-order valence-electron chi connectivity index (χ4n) is 3.04. The zero-order valence-electron chi connectivity index (χ0n) is 15.1. The van der Waals surface area contributed by atoms with E-state index in [0.29, 0.717) is 37.4 Å². The number of alkyl halides is 3. The molecular weight excluding hydrogens is 335 g/mol. The van der Waals surface area contributed by atoms with Gasteiger partial charge in [-0.05, 0) is 27.7 Å². The van der Waals surface area contributed by atoms with E-state index in [9.17, 15) is 18.0 Å². The average molecular weight is 361 g/mol. The molecule has 1 aliphatic heterocycles. The van der Waals surface area contributed by atoms with Crippen LogP contribution in [0.2, 0.25) is 0 Å². The molecule has 1 unspecified atom stereocenters. The molecule has 1 fully saturated rings. The molecule has 1 amide bonds. The molecule has 0 aromatic carbocycles. The number of hydrogen-bond donors (Lipinski definition) is 2. The number of amides is 1. The summed E-state index contributed by atoms with van der Waals surface area (Å²) in [6, 6.07) is -1.68. The van der Waals surface area contributed by atoms with Crippen molar-refractivity contribution >= 4 is 5.91 Å². The predicted octanol–water partition coefficient (Wildman–Crippen LogP) is 1.51. The number of rotatable bonds is 4. The van der Waals surface area contributed by atoms with Gasteiger partial charge in [-0.1, -0.05) is 0 Å². The van der Waals surface area contributed by atoms with Crippen molar-refractivity contribution in [2.45, 2.75) is 45.5 Å². The molecule has 1 atom stereocenters. The van der Waals surface area contributed by atoms with Crippen molar-refractivity contribution < 1.29 is 18.0 Å². The van der Waals surface area contributed by atoms with Gasteiger partial charge in [-0.15, -0.1) is 0 Å². The van der Waals surface area contributed by atoms with Crippen LogP contribution in [0.4, 0.5) is 13.2 Å². The third-order valence-electron chi connectivity index (χ3n) is 4.32. The van der Waals surface area contributed by atoms with E-state index in [-0.39, 0.29) is 5.54 Å². The lowest BCUT2D eigenvalue weighted by Gasteiger charge is -2.35. The highest BCUT2D eigenvalue weighted by Gasteiger charge is 2.44. The summed E-state index contributed by atoms with van der Waals surface area (Å²) >= 11 is 0. The van der Waals surface area contributed by atoms with E-state index in [0.717, 1.165) is 0 Å². The van der Waals surface area contributed by atoms with Crippen molar-refractivity contribution in [3.8, 4) is 0 Å². The van der Waals surface area contributed by atoms with Crippen LogP contribution >= 0.6 is 0 Å². The first-order valence-electron chi connectivity index (χ1n) is 8.36. The van der Waals surface area contributed by atoms with E-state index >= 15 is 0 Å². The van der Waals surface area contributed by atoms with Crippen molar-refractivity contribution in [2.24, 2.45) is 0 Å². The minimum Gasteiger partial charge on any atom is -0.350 e. The van der Waals surface area contributed by atoms with E-state index < -0.39 is 24.7 Å². The quantitative estimate of drug-likeness (QED) is 0.854. The number of hydrogen-bond acceptors (Lipinski definition) is 4. The Balaban J connectivity index is 2.07. The molecule has 9 heteroatoms. The van der Waals surface area contributed by atoms with Crippen molar-refractivity contribution in [3.63, 3.8) is 0 Å². The standard InChI is InChI=1S/C16H26F3N5O/c1-11-12(9-22-24(11)15(2,3)4)14(25)21-10-13(16(17,18)19)23-7-5-20-6-8-23/h9,13,20H,5-8,10H2,1-4H3,(H,21,25). The molecule has 0 bridgehead atoms. The van der Waals surface area contributed by atoms with Gasteiger partial charge in [0.15, 0.2) is 0 Å². The molecular formula is C16H26F3N5O. The fraction of sp³-hybridized carbons (Fsp3) is 0.750. The Kier molecular flexibility index (Phi) is 5.78. The third-order valence-corrected chi connectivity index (χ3v) is 4.32.